The molecule has 1 aliphatic carbocycles. The first-order chi connectivity index (χ1) is 10.5. The van der Waals surface area contributed by atoms with Crippen molar-refractivity contribution in [1.29, 1.82) is 0 Å². The minimum atomic E-state index is 0.0145. The summed E-state index contributed by atoms with van der Waals surface area (Å²) in [6.45, 7) is 6.21. The van der Waals surface area contributed by atoms with Crippen LogP contribution < -0.4 is 10.6 Å². The lowest BCUT2D eigenvalue weighted by molar-refractivity contribution is -0.127. The predicted molar refractivity (Wildman–Crippen MR) is 93.0 cm³/mol. The van der Waals surface area contributed by atoms with Crippen LogP contribution in [0.2, 0.25) is 0 Å². The lowest BCUT2D eigenvalue weighted by Crippen LogP contribution is -2.40. The fourth-order valence-corrected chi connectivity index (χ4v) is 2.24. The Morgan fingerprint density at radius 3 is 2.68 bits per heavy atom. The molecule has 0 spiro atoms. The van der Waals surface area contributed by atoms with E-state index >= 15 is 0 Å². The molecule has 1 amide bonds. The predicted octanol–water partition coefficient (Wildman–Crippen LogP) is 2.16. The third kappa shape index (κ3) is 8.05. The molecule has 0 saturated carbocycles. The summed E-state index contributed by atoms with van der Waals surface area (Å²) in [5.41, 5.74) is 1.55. The number of nitrogens with one attached hydrogen (secondary N) is 2. The van der Waals surface area contributed by atoms with Gasteiger partial charge in [0.05, 0.1) is 0 Å². The van der Waals surface area contributed by atoms with Crippen molar-refractivity contribution in [3.05, 3.63) is 11.6 Å². The van der Waals surface area contributed by atoms with E-state index in [1.165, 1.54) is 25.7 Å². The van der Waals surface area contributed by atoms with E-state index in [1.54, 1.807) is 24.6 Å². The van der Waals surface area contributed by atoms with Crippen LogP contribution in [0.25, 0.3) is 0 Å². The molecule has 0 aromatic carbocycles. The molecular formula is C17H32N4O. The molecule has 0 atom stereocenters. The van der Waals surface area contributed by atoms with Gasteiger partial charge in [-0.05, 0) is 38.0 Å². The summed E-state index contributed by atoms with van der Waals surface area (Å²) in [4.78, 5) is 17.6. The fourth-order valence-electron chi connectivity index (χ4n) is 2.24. The van der Waals surface area contributed by atoms with Gasteiger partial charge in [-0.15, -0.1) is 0 Å². The number of rotatable bonds is 7. The molecule has 0 aromatic rings. The van der Waals surface area contributed by atoms with Crippen molar-refractivity contribution < 1.29 is 4.79 Å². The van der Waals surface area contributed by atoms with Gasteiger partial charge in [-0.1, -0.05) is 25.5 Å². The van der Waals surface area contributed by atoms with E-state index in [0.29, 0.717) is 5.92 Å². The normalized spacial score (nSPS) is 15.5. The van der Waals surface area contributed by atoms with E-state index in [2.05, 4.69) is 35.5 Å². The molecule has 0 fully saturated rings. The Hall–Kier alpha value is -1.52. The van der Waals surface area contributed by atoms with Crippen molar-refractivity contribution >= 4 is 11.9 Å². The summed E-state index contributed by atoms with van der Waals surface area (Å²) in [5.74, 6) is 1.29. The number of likely N-dealkylation sites (N-methyl/N-ethyl adjacent to an activating group) is 1. The number of aliphatic imine (C=N–C) groups is 1. The van der Waals surface area contributed by atoms with E-state index in [9.17, 15) is 4.79 Å². The van der Waals surface area contributed by atoms with E-state index < -0.39 is 0 Å². The number of guanidine groups is 1. The highest BCUT2D eigenvalue weighted by molar-refractivity contribution is 5.84. The monoisotopic (exact) mass is 308 g/mol. The highest BCUT2D eigenvalue weighted by Crippen LogP contribution is 2.19. The number of nitrogens with zero attached hydrogens (tertiary/aromatic N) is 2. The summed E-state index contributed by atoms with van der Waals surface area (Å²) >= 11 is 0. The van der Waals surface area contributed by atoms with Crippen molar-refractivity contribution in [1.82, 2.24) is 15.5 Å². The molecule has 0 unspecified atom stereocenters. The van der Waals surface area contributed by atoms with Crippen LogP contribution in [0.3, 0.4) is 0 Å². The second-order valence-electron chi connectivity index (χ2n) is 6.51. The van der Waals surface area contributed by atoms with Gasteiger partial charge in [-0.2, -0.15) is 0 Å². The van der Waals surface area contributed by atoms with E-state index in [4.69, 9.17) is 0 Å². The average Bonchev–Trinajstić information content (AvgIpc) is 2.49. The van der Waals surface area contributed by atoms with Crippen LogP contribution in [0.4, 0.5) is 0 Å². The molecule has 1 rings (SSSR count). The number of hydrogen-bond donors (Lipinski definition) is 2. The third-order valence-corrected chi connectivity index (χ3v) is 3.67. The zero-order chi connectivity index (χ0) is 16.4. The van der Waals surface area contributed by atoms with Crippen LogP contribution in [-0.2, 0) is 4.79 Å². The minimum absolute atomic E-state index is 0.0145. The van der Waals surface area contributed by atoms with E-state index in [0.717, 1.165) is 25.5 Å². The summed E-state index contributed by atoms with van der Waals surface area (Å²) in [6.07, 6.45) is 8.52. The third-order valence-electron chi connectivity index (χ3n) is 3.67. The van der Waals surface area contributed by atoms with Crippen molar-refractivity contribution in [3.63, 3.8) is 0 Å². The molecule has 22 heavy (non-hydrogen) atoms. The first kappa shape index (κ1) is 18.5. The Bertz CT molecular complexity index is 399. The smallest absolute Gasteiger partial charge is 0.243 e. The molecule has 0 saturated heterocycles. The highest BCUT2D eigenvalue weighted by atomic mass is 16.2. The highest BCUT2D eigenvalue weighted by Gasteiger charge is 2.07. The van der Waals surface area contributed by atoms with Gasteiger partial charge < -0.3 is 15.5 Å². The van der Waals surface area contributed by atoms with Crippen LogP contribution in [0, 0.1) is 5.92 Å². The van der Waals surface area contributed by atoms with Crippen LogP contribution >= 0.6 is 0 Å². The summed E-state index contributed by atoms with van der Waals surface area (Å²) in [6, 6.07) is 0. The number of allylic oxidation sites excluding steroid dienone is 1. The summed E-state index contributed by atoms with van der Waals surface area (Å²) in [5, 5.41) is 6.64. The van der Waals surface area contributed by atoms with Crippen molar-refractivity contribution in [2.75, 3.05) is 33.7 Å². The number of carbonyl (C=O) groups excluding carboxylic acids is 1. The molecule has 2 N–H and O–H groups in total. The van der Waals surface area contributed by atoms with Gasteiger partial charge in [-0.25, -0.2) is 4.99 Å². The number of hydrogen-bond acceptors (Lipinski definition) is 2. The second kappa shape index (κ2) is 10.2. The van der Waals surface area contributed by atoms with Gasteiger partial charge in [0.15, 0.2) is 5.96 Å². The Labute approximate surface area is 135 Å². The Morgan fingerprint density at radius 1 is 1.32 bits per heavy atom. The maximum atomic E-state index is 11.7. The molecule has 0 bridgehead atoms. The average molecular weight is 308 g/mol. The molecule has 0 radical (unpaired) electrons. The van der Waals surface area contributed by atoms with E-state index in [-0.39, 0.29) is 12.5 Å². The fraction of sp³-hybridized carbons (Fsp3) is 0.765. The number of amides is 1. The van der Waals surface area contributed by atoms with Gasteiger partial charge >= 0.3 is 0 Å². The molecule has 0 heterocycles. The lowest BCUT2D eigenvalue weighted by atomic mass is 9.97. The summed E-state index contributed by atoms with van der Waals surface area (Å²) in [7, 11) is 3.50. The lowest BCUT2D eigenvalue weighted by Gasteiger charge is -2.17. The van der Waals surface area contributed by atoms with Crippen LogP contribution in [0.5, 0.6) is 0 Å². The Kier molecular flexibility index (Phi) is 8.63. The van der Waals surface area contributed by atoms with Crippen molar-refractivity contribution in [2.24, 2.45) is 10.9 Å². The molecule has 1 aliphatic rings. The quantitative estimate of drug-likeness (QED) is 0.430. The van der Waals surface area contributed by atoms with Gasteiger partial charge in [0.1, 0.15) is 6.54 Å². The molecular weight excluding hydrogens is 276 g/mol. The van der Waals surface area contributed by atoms with Crippen molar-refractivity contribution in [2.45, 2.75) is 46.0 Å². The minimum Gasteiger partial charge on any atom is -0.356 e. The van der Waals surface area contributed by atoms with Crippen LogP contribution in [0.15, 0.2) is 16.6 Å². The molecule has 126 valence electrons. The van der Waals surface area contributed by atoms with Crippen LogP contribution in [-0.4, -0.2) is 50.5 Å². The van der Waals surface area contributed by atoms with Crippen molar-refractivity contribution in [3.8, 4) is 0 Å². The first-order valence-electron chi connectivity index (χ1n) is 8.39. The Morgan fingerprint density at radius 2 is 2.09 bits per heavy atom. The van der Waals surface area contributed by atoms with Gasteiger partial charge in [-0.3, -0.25) is 4.79 Å². The standard InChI is InChI=1S/C17H32N4O/c1-14(2)12-19-17(20-13-16(22)21(3)4)18-11-10-15-8-6-5-7-9-15/h8,14H,5-7,9-13H2,1-4H3,(H2,18,19,20). The topological polar surface area (TPSA) is 56.7 Å². The second-order valence-corrected chi connectivity index (χ2v) is 6.51. The zero-order valence-electron chi connectivity index (χ0n) is 14.6. The first-order valence-corrected chi connectivity index (χ1v) is 8.39. The summed E-state index contributed by atoms with van der Waals surface area (Å²) < 4.78 is 0. The van der Waals surface area contributed by atoms with E-state index in [1.807, 2.05) is 0 Å². The largest absolute Gasteiger partial charge is 0.356 e. The molecule has 0 aliphatic heterocycles. The maximum absolute atomic E-state index is 11.7. The number of carbonyl (C=O) groups is 1. The SMILES string of the molecule is CC(C)CNC(=NCC(=O)N(C)C)NCCC1=CCCCC1. The molecule has 5 heteroatoms. The van der Waals surface area contributed by atoms with Gasteiger partial charge in [0.25, 0.3) is 0 Å². The maximum Gasteiger partial charge on any atom is 0.243 e. The van der Waals surface area contributed by atoms with Gasteiger partial charge in [0, 0.05) is 27.2 Å². The Balaban J connectivity index is 2.44. The van der Waals surface area contributed by atoms with Gasteiger partial charge in [0.2, 0.25) is 5.91 Å². The molecule has 5 nitrogen and oxygen atoms in total. The molecule has 0 aromatic heterocycles. The van der Waals surface area contributed by atoms with Crippen LogP contribution in [0.1, 0.15) is 46.0 Å². The zero-order valence-corrected chi connectivity index (χ0v) is 14.6.